The second-order valence-electron chi connectivity index (χ2n) is 7.94. The summed E-state index contributed by atoms with van der Waals surface area (Å²) < 4.78 is 2.56. The first kappa shape index (κ1) is 18.9. The molecule has 2 heterocycles. The van der Waals surface area contributed by atoms with Crippen LogP contribution in [0.1, 0.15) is 5.69 Å². The van der Waals surface area contributed by atoms with E-state index in [9.17, 15) is 0 Å². The number of aromatic nitrogens is 2. The van der Waals surface area contributed by atoms with Crippen molar-refractivity contribution in [3.05, 3.63) is 109 Å². The van der Waals surface area contributed by atoms with Gasteiger partial charge in [0.2, 0.25) is 0 Å². The van der Waals surface area contributed by atoms with E-state index >= 15 is 0 Å². The summed E-state index contributed by atoms with van der Waals surface area (Å²) in [5, 5.41) is 2.51. The number of rotatable bonds is 3. The minimum Gasteiger partial charge on any atom is -0.233 e. The Morgan fingerprint density at radius 2 is 1.28 bits per heavy atom. The van der Waals surface area contributed by atoms with Crippen LogP contribution in [0.2, 0.25) is 0 Å². The zero-order valence-corrected chi connectivity index (χ0v) is 18.4. The van der Waals surface area contributed by atoms with E-state index in [-0.39, 0.29) is 0 Å². The molecule has 0 bridgehead atoms. The topological polar surface area (TPSA) is 25.8 Å². The smallest absolute Gasteiger partial charge is 0.160 e. The van der Waals surface area contributed by atoms with Crippen LogP contribution in [-0.4, -0.2) is 9.97 Å². The molecule has 0 radical (unpaired) electrons. The van der Waals surface area contributed by atoms with Crippen molar-refractivity contribution in [2.24, 2.45) is 0 Å². The number of hydrogen-bond donors (Lipinski definition) is 0. The van der Waals surface area contributed by atoms with Crippen molar-refractivity contribution in [2.75, 3.05) is 0 Å². The largest absolute Gasteiger partial charge is 0.233 e. The summed E-state index contributed by atoms with van der Waals surface area (Å²) in [5.41, 5.74) is 6.52. The van der Waals surface area contributed by atoms with Gasteiger partial charge in [0.1, 0.15) is 0 Å². The van der Waals surface area contributed by atoms with Crippen molar-refractivity contribution in [3.63, 3.8) is 0 Å². The number of fused-ring (bicyclic) bond motifs is 3. The zero-order chi connectivity index (χ0) is 21.5. The standard InChI is InChI=1S/C29H20N2S/c1-19-18-25(22-16-14-21(15-17-22)20-8-3-2-4-9-20)31-29(30-19)24-11-7-13-27-28(24)23-10-5-6-12-26(23)32-27/h2-18H,1H3. The Labute approximate surface area is 190 Å². The molecule has 3 heteroatoms. The lowest BCUT2D eigenvalue weighted by Crippen LogP contribution is -1.95. The zero-order valence-electron chi connectivity index (χ0n) is 17.6. The number of aryl methyl sites for hydroxylation is 1. The first-order chi connectivity index (χ1) is 15.8. The fraction of sp³-hybridized carbons (Fsp3) is 0.0345. The number of nitrogens with zero attached hydrogens (tertiary/aromatic N) is 2. The molecule has 0 atom stereocenters. The van der Waals surface area contributed by atoms with Gasteiger partial charge < -0.3 is 0 Å². The van der Waals surface area contributed by atoms with Crippen molar-refractivity contribution in [3.8, 4) is 33.8 Å². The van der Waals surface area contributed by atoms with Crippen LogP contribution in [0, 0.1) is 6.92 Å². The van der Waals surface area contributed by atoms with E-state index in [0.29, 0.717) is 0 Å². The van der Waals surface area contributed by atoms with E-state index in [4.69, 9.17) is 9.97 Å². The molecule has 0 N–H and O–H groups in total. The van der Waals surface area contributed by atoms with Crippen LogP contribution in [0.5, 0.6) is 0 Å². The Hall–Kier alpha value is -3.82. The molecule has 0 aliphatic heterocycles. The lowest BCUT2D eigenvalue weighted by molar-refractivity contribution is 1.12. The Morgan fingerprint density at radius 1 is 0.594 bits per heavy atom. The van der Waals surface area contributed by atoms with Gasteiger partial charge >= 0.3 is 0 Å². The van der Waals surface area contributed by atoms with E-state index in [2.05, 4.69) is 97.1 Å². The van der Waals surface area contributed by atoms with Gasteiger partial charge in [-0.1, -0.05) is 84.9 Å². The van der Waals surface area contributed by atoms with Gasteiger partial charge in [-0.2, -0.15) is 0 Å². The Morgan fingerprint density at radius 3 is 2.12 bits per heavy atom. The van der Waals surface area contributed by atoms with Crippen LogP contribution in [-0.2, 0) is 0 Å². The van der Waals surface area contributed by atoms with Gasteiger partial charge in [0.15, 0.2) is 5.82 Å². The van der Waals surface area contributed by atoms with E-state index < -0.39 is 0 Å². The maximum atomic E-state index is 5.01. The van der Waals surface area contributed by atoms with Gasteiger partial charge in [0.25, 0.3) is 0 Å². The lowest BCUT2D eigenvalue weighted by atomic mass is 10.0. The van der Waals surface area contributed by atoms with E-state index in [1.807, 2.05) is 24.3 Å². The molecule has 0 amide bonds. The fourth-order valence-corrected chi connectivity index (χ4v) is 5.39. The van der Waals surface area contributed by atoms with E-state index in [1.54, 1.807) is 0 Å². The maximum Gasteiger partial charge on any atom is 0.160 e. The van der Waals surface area contributed by atoms with Crippen LogP contribution >= 0.6 is 11.3 Å². The average molecular weight is 429 g/mol. The minimum absolute atomic E-state index is 0.779. The predicted octanol–water partition coefficient (Wildman–Crippen LogP) is 8.15. The molecule has 6 aromatic rings. The van der Waals surface area contributed by atoms with E-state index in [1.165, 1.54) is 31.3 Å². The summed E-state index contributed by atoms with van der Waals surface area (Å²) in [6.07, 6.45) is 0. The molecule has 0 unspecified atom stereocenters. The lowest BCUT2D eigenvalue weighted by Gasteiger charge is -2.09. The highest BCUT2D eigenvalue weighted by atomic mass is 32.1. The quantitative estimate of drug-likeness (QED) is 0.284. The van der Waals surface area contributed by atoms with Crippen molar-refractivity contribution in [1.82, 2.24) is 9.97 Å². The molecule has 4 aromatic carbocycles. The van der Waals surface area contributed by atoms with Crippen LogP contribution in [0.3, 0.4) is 0 Å². The minimum atomic E-state index is 0.779. The third kappa shape index (κ3) is 3.28. The average Bonchev–Trinajstić information content (AvgIpc) is 3.23. The third-order valence-electron chi connectivity index (χ3n) is 5.79. The van der Waals surface area contributed by atoms with Crippen LogP contribution in [0.25, 0.3) is 53.9 Å². The van der Waals surface area contributed by atoms with Crippen molar-refractivity contribution in [1.29, 1.82) is 0 Å². The molecule has 0 aliphatic rings. The fourth-order valence-electron chi connectivity index (χ4n) is 4.26. The Kier molecular flexibility index (Phi) is 4.55. The van der Waals surface area contributed by atoms with Gasteiger partial charge in [0, 0.05) is 37.0 Å². The summed E-state index contributed by atoms with van der Waals surface area (Å²) in [6, 6.07) is 36.1. The molecule has 2 aromatic heterocycles. The highest BCUT2D eigenvalue weighted by molar-refractivity contribution is 7.25. The molecule has 0 saturated heterocycles. The molecule has 0 aliphatic carbocycles. The van der Waals surface area contributed by atoms with Crippen molar-refractivity contribution in [2.45, 2.75) is 6.92 Å². The van der Waals surface area contributed by atoms with Gasteiger partial charge in [-0.05, 0) is 36.2 Å². The van der Waals surface area contributed by atoms with Crippen molar-refractivity contribution >= 4 is 31.5 Å². The summed E-state index contributed by atoms with van der Waals surface area (Å²) >= 11 is 1.82. The summed E-state index contributed by atoms with van der Waals surface area (Å²) in [6.45, 7) is 2.04. The van der Waals surface area contributed by atoms with Crippen LogP contribution in [0.15, 0.2) is 103 Å². The van der Waals surface area contributed by atoms with Gasteiger partial charge in [-0.25, -0.2) is 9.97 Å². The predicted molar refractivity (Wildman–Crippen MR) is 136 cm³/mol. The molecule has 6 rings (SSSR count). The normalized spacial score (nSPS) is 11.3. The number of benzene rings is 4. The second kappa shape index (κ2) is 7.70. The molecule has 0 saturated carbocycles. The number of thiophene rings is 1. The summed E-state index contributed by atoms with van der Waals surface area (Å²) in [7, 11) is 0. The molecular formula is C29H20N2S. The molecule has 2 nitrogen and oxygen atoms in total. The van der Waals surface area contributed by atoms with Gasteiger partial charge in [0.05, 0.1) is 5.69 Å². The molecule has 0 fully saturated rings. The molecule has 32 heavy (non-hydrogen) atoms. The first-order valence-electron chi connectivity index (χ1n) is 10.7. The summed E-state index contributed by atoms with van der Waals surface area (Å²) in [4.78, 5) is 9.83. The second-order valence-corrected chi connectivity index (χ2v) is 9.02. The Bertz CT molecular complexity index is 1560. The van der Waals surface area contributed by atoms with E-state index in [0.717, 1.165) is 28.3 Å². The van der Waals surface area contributed by atoms with Crippen molar-refractivity contribution < 1.29 is 0 Å². The monoisotopic (exact) mass is 428 g/mol. The number of hydrogen-bond acceptors (Lipinski definition) is 3. The van der Waals surface area contributed by atoms with Crippen LogP contribution < -0.4 is 0 Å². The SMILES string of the molecule is Cc1cc(-c2ccc(-c3ccccc3)cc2)nc(-c2cccc3sc4ccccc4c23)n1. The molecule has 152 valence electrons. The molecular weight excluding hydrogens is 408 g/mol. The molecule has 0 spiro atoms. The van der Waals surface area contributed by atoms with Crippen LogP contribution in [0.4, 0.5) is 0 Å². The first-order valence-corrected chi connectivity index (χ1v) is 11.5. The Balaban J connectivity index is 1.48. The van der Waals surface area contributed by atoms with Gasteiger partial charge in [-0.3, -0.25) is 0 Å². The highest BCUT2D eigenvalue weighted by Crippen LogP contribution is 2.39. The highest BCUT2D eigenvalue weighted by Gasteiger charge is 2.14. The summed E-state index contributed by atoms with van der Waals surface area (Å²) in [5.74, 6) is 0.779. The maximum absolute atomic E-state index is 5.01. The van der Waals surface area contributed by atoms with Gasteiger partial charge in [-0.15, -0.1) is 11.3 Å². The third-order valence-corrected chi connectivity index (χ3v) is 6.92.